The number of anilines is 1. The van der Waals surface area contributed by atoms with Gasteiger partial charge in [0.05, 0.1) is 7.11 Å². The minimum atomic E-state index is -0.0255. The van der Waals surface area contributed by atoms with Crippen LogP contribution in [0.4, 0.5) is 5.69 Å². The third kappa shape index (κ3) is 4.86. The van der Waals surface area contributed by atoms with Crippen LogP contribution in [0.5, 0.6) is 5.75 Å². The second kappa shape index (κ2) is 9.65. The molecular weight excluding hydrogens is 416 g/mol. The minimum absolute atomic E-state index is 0.0255. The summed E-state index contributed by atoms with van der Waals surface area (Å²) in [6, 6.07) is 19.3. The van der Waals surface area contributed by atoms with E-state index >= 15 is 0 Å². The number of halogens is 1. The largest absolute Gasteiger partial charge is 0.497 e. The number of nitrogens with zero attached hydrogens (tertiary/aromatic N) is 2. The monoisotopic (exact) mass is 440 g/mol. The highest BCUT2D eigenvalue weighted by Crippen LogP contribution is 2.29. The van der Waals surface area contributed by atoms with Gasteiger partial charge in [0.15, 0.2) is 0 Å². The Hall–Kier alpha value is -2.34. The maximum atomic E-state index is 13.5. The van der Waals surface area contributed by atoms with Crippen molar-refractivity contribution in [2.45, 2.75) is 25.4 Å². The first-order valence-corrected chi connectivity index (χ1v) is 11.4. The highest BCUT2D eigenvalue weighted by molar-refractivity contribution is 7.09. The van der Waals surface area contributed by atoms with Crippen molar-refractivity contribution in [3.63, 3.8) is 0 Å². The molecule has 2 heterocycles. The van der Waals surface area contributed by atoms with E-state index in [1.807, 2.05) is 41.3 Å². The zero-order valence-electron chi connectivity index (χ0n) is 17.0. The van der Waals surface area contributed by atoms with Gasteiger partial charge in [-0.2, -0.15) is 0 Å². The Morgan fingerprint density at radius 3 is 2.63 bits per heavy atom. The molecule has 1 aliphatic heterocycles. The summed E-state index contributed by atoms with van der Waals surface area (Å²) in [6.07, 6.45) is 1.85. The third-order valence-electron chi connectivity index (χ3n) is 5.50. The molecule has 0 radical (unpaired) electrons. The molecule has 0 atom stereocenters. The molecule has 6 heteroatoms. The molecule has 0 unspecified atom stereocenters. The fourth-order valence-electron chi connectivity index (χ4n) is 3.97. The second-order valence-corrected chi connectivity index (χ2v) is 8.94. The average Bonchev–Trinajstić information content (AvgIpc) is 3.28. The van der Waals surface area contributed by atoms with Crippen molar-refractivity contribution in [1.29, 1.82) is 0 Å². The highest BCUT2D eigenvalue weighted by Gasteiger charge is 2.30. The van der Waals surface area contributed by atoms with Crippen molar-refractivity contribution in [2.24, 2.45) is 0 Å². The molecule has 0 saturated carbocycles. The lowest BCUT2D eigenvalue weighted by molar-refractivity contribution is 0.0959. The number of likely N-dealkylation sites (tertiary alicyclic amines) is 1. The predicted octanol–water partition coefficient (Wildman–Crippen LogP) is 5.72. The number of amides is 1. The Balaban J connectivity index is 1.56. The fourth-order valence-corrected chi connectivity index (χ4v) is 4.91. The molecular formula is C24H25ClN2O2S. The van der Waals surface area contributed by atoms with E-state index in [0.717, 1.165) is 43.9 Å². The maximum absolute atomic E-state index is 13.5. The summed E-state index contributed by atoms with van der Waals surface area (Å²) < 4.78 is 5.41. The number of thiophene rings is 1. The zero-order chi connectivity index (χ0) is 20.9. The summed E-state index contributed by atoms with van der Waals surface area (Å²) in [6.45, 7) is 2.91. The first-order chi connectivity index (χ1) is 14.6. The van der Waals surface area contributed by atoms with Crippen LogP contribution in [-0.2, 0) is 6.54 Å². The Kier molecular flexibility index (Phi) is 6.72. The first-order valence-electron chi connectivity index (χ1n) is 10.1. The van der Waals surface area contributed by atoms with Gasteiger partial charge in [0, 0.05) is 52.9 Å². The van der Waals surface area contributed by atoms with E-state index in [1.54, 1.807) is 30.6 Å². The van der Waals surface area contributed by atoms with Gasteiger partial charge in [-0.3, -0.25) is 9.69 Å². The molecule has 156 valence electrons. The van der Waals surface area contributed by atoms with Gasteiger partial charge in [0.25, 0.3) is 5.91 Å². The Morgan fingerprint density at radius 2 is 1.93 bits per heavy atom. The van der Waals surface area contributed by atoms with Gasteiger partial charge in [0.2, 0.25) is 0 Å². The van der Waals surface area contributed by atoms with Crippen LogP contribution in [0.25, 0.3) is 0 Å². The quantitative estimate of drug-likeness (QED) is 0.491. The average molecular weight is 441 g/mol. The van der Waals surface area contributed by atoms with Crippen molar-refractivity contribution in [3.05, 3.63) is 81.5 Å². The van der Waals surface area contributed by atoms with Gasteiger partial charge in [-0.1, -0.05) is 29.8 Å². The van der Waals surface area contributed by atoms with Crippen molar-refractivity contribution >= 4 is 34.5 Å². The number of carbonyl (C=O) groups is 1. The number of hydrogen-bond donors (Lipinski definition) is 0. The van der Waals surface area contributed by atoms with Crippen LogP contribution in [-0.4, -0.2) is 37.0 Å². The SMILES string of the molecule is COc1cccc(N(C(=O)c2cccc(Cl)c2)C2CCN(Cc3cccs3)CC2)c1. The molecule has 1 saturated heterocycles. The number of carbonyl (C=O) groups excluding carboxylic acids is 1. The topological polar surface area (TPSA) is 32.8 Å². The van der Waals surface area contributed by atoms with Crippen LogP contribution >= 0.6 is 22.9 Å². The number of benzene rings is 2. The molecule has 2 aromatic carbocycles. The van der Waals surface area contributed by atoms with Crippen LogP contribution in [0.3, 0.4) is 0 Å². The number of rotatable bonds is 6. The molecule has 1 amide bonds. The smallest absolute Gasteiger partial charge is 0.258 e. The fraction of sp³-hybridized carbons (Fsp3) is 0.292. The van der Waals surface area contributed by atoms with Crippen LogP contribution in [0.15, 0.2) is 66.0 Å². The molecule has 0 N–H and O–H groups in total. The van der Waals surface area contributed by atoms with Gasteiger partial charge in [0.1, 0.15) is 5.75 Å². The molecule has 30 heavy (non-hydrogen) atoms. The van der Waals surface area contributed by atoms with Gasteiger partial charge >= 0.3 is 0 Å². The summed E-state index contributed by atoms with van der Waals surface area (Å²) >= 11 is 7.96. The standard InChI is InChI=1S/C24H25ClN2O2S/c1-29-22-8-3-7-21(16-22)27(24(28)18-5-2-6-19(25)15-18)20-10-12-26(13-11-20)17-23-9-4-14-30-23/h2-9,14-16,20H,10-13,17H2,1H3. The van der Waals surface area contributed by atoms with E-state index in [4.69, 9.17) is 16.3 Å². The summed E-state index contributed by atoms with van der Waals surface area (Å²) in [5.41, 5.74) is 1.46. The van der Waals surface area contributed by atoms with Crippen molar-refractivity contribution in [2.75, 3.05) is 25.1 Å². The van der Waals surface area contributed by atoms with E-state index in [-0.39, 0.29) is 11.9 Å². The van der Waals surface area contributed by atoms with E-state index in [2.05, 4.69) is 22.4 Å². The summed E-state index contributed by atoms with van der Waals surface area (Å²) in [5, 5.41) is 2.69. The van der Waals surface area contributed by atoms with E-state index < -0.39 is 0 Å². The van der Waals surface area contributed by atoms with Crippen LogP contribution in [0.1, 0.15) is 28.1 Å². The highest BCUT2D eigenvalue weighted by atomic mass is 35.5. The molecule has 4 nitrogen and oxygen atoms in total. The number of hydrogen-bond acceptors (Lipinski definition) is 4. The van der Waals surface area contributed by atoms with Crippen molar-refractivity contribution in [1.82, 2.24) is 4.90 Å². The van der Waals surface area contributed by atoms with Gasteiger partial charge in [-0.15, -0.1) is 11.3 Å². The normalized spacial score (nSPS) is 15.1. The summed E-state index contributed by atoms with van der Waals surface area (Å²) in [7, 11) is 1.64. The van der Waals surface area contributed by atoms with Gasteiger partial charge < -0.3 is 9.64 Å². The lowest BCUT2D eigenvalue weighted by atomic mass is 10.0. The Morgan fingerprint density at radius 1 is 1.13 bits per heavy atom. The number of methoxy groups -OCH3 is 1. The lowest BCUT2D eigenvalue weighted by Gasteiger charge is -2.38. The molecule has 1 aromatic heterocycles. The van der Waals surface area contributed by atoms with Gasteiger partial charge in [-0.05, 0) is 54.6 Å². The zero-order valence-corrected chi connectivity index (χ0v) is 18.5. The van der Waals surface area contributed by atoms with E-state index in [9.17, 15) is 4.79 Å². The van der Waals surface area contributed by atoms with Crippen LogP contribution < -0.4 is 9.64 Å². The number of piperidine rings is 1. The Labute approximate surface area is 186 Å². The minimum Gasteiger partial charge on any atom is -0.497 e. The van der Waals surface area contributed by atoms with E-state index in [1.165, 1.54) is 4.88 Å². The van der Waals surface area contributed by atoms with Crippen LogP contribution in [0, 0.1) is 0 Å². The summed E-state index contributed by atoms with van der Waals surface area (Å²) in [5.74, 6) is 0.717. The first kappa shape index (κ1) is 20.9. The predicted molar refractivity (Wildman–Crippen MR) is 124 cm³/mol. The third-order valence-corrected chi connectivity index (χ3v) is 6.60. The molecule has 0 aliphatic carbocycles. The Bertz CT molecular complexity index is 984. The van der Waals surface area contributed by atoms with Crippen molar-refractivity contribution < 1.29 is 9.53 Å². The summed E-state index contributed by atoms with van der Waals surface area (Å²) in [4.78, 5) is 19.3. The maximum Gasteiger partial charge on any atom is 0.258 e. The van der Waals surface area contributed by atoms with E-state index in [0.29, 0.717) is 10.6 Å². The van der Waals surface area contributed by atoms with Crippen molar-refractivity contribution in [3.8, 4) is 5.75 Å². The molecule has 4 rings (SSSR count). The molecule has 3 aromatic rings. The molecule has 0 bridgehead atoms. The van der Waals surface area contributed by atoms with Gasteiger partial charge in [-0.25, -0.2) is 0 Å². The second-order valence-electron chi connectivity index (χ2n) is 7.47. The molecule has 1 aliphatic rings. The lowest BCUT2D eigenvalue weighted by Crippen LogP contribution is -2.47. The number of ether oxygens (including phenoxy) is 1. The van der Waals surface area contributed by atoms with Crippen LogP contribution in [0.2, 0.25) is 5.02 Å². The molecule has 0 spiro atoms. The molecule has 1 fully saturated rings.